The van der Waals surface area contributed by atoms with Crippen molar-refractivity contribution in [2.24, 2.45) is 0 Å². The maximum Gasteiger partial charge on any atom is 0.253 e. The van der Waals surface area contributed by atoms with Gasteiger partial charge in [0.15, 0.2) is 0 Å². The predicted molar refractivity (Wildman–Crippen MR) is 97.3 cm³/mol. The lowest BCUT2D eigenvalue weighted by Crippen LogP contribution is -2.48. The summed E-state index contributed by atoms with van der Waals surface area (Å²) in [5.41, 5.74) is 3.44. The van der Waals surface area contributed by atoms with Crippen molar-refractivity contribution < 1.29 is 9.53 Å². The third-order valence-electron chi connectivity index (χ3n) is 5.29. The predicted octanol–water partition coefficient (Wildman–Crippen LogP) is 4.33. The lowest BCUT2D eigenvalue weighted by molar-refractivity contribution is -0.0522. The van der Waals surface area contributed by atoms with E-state index in [0.717, 1.165) is 44.5 Å². The number of hydrogen-bond donors (Lipinski definition) is 0. The lowest BCUT2D eigenvalue weighted by atomic mass is 9.86. The molecule has 3 heteroatoms. The van der Waals surface area contributed by atoms with Gasteiger partial charge < -0.3 is 9.64 Å². The minimum Gasteiger partial charge on any atom is -0.370 e. The molecule has 0 radical (unpaired) electrons. The van der Waals surface area contributed by atoms with Gasteiger partial charge in [-0.3, -0.25) is 4.79 Å². The fourth-order valence-electron chi connectivity index (χ4n) is 3.65. The average molecular weight is 327 g/mol. The van der Waals surface area contributed by atoms with Gasteiger partial charge in [-0.15, -0.1) is 0 Å². The van der Waals surface area contributed by atoms with Crippen LogP contribution in [0, 0.1) is 0 Å². The van der Waals surface area contributed by atoms with E-state index >= 15 is 0 Å². The maximum absolute atomic E-state index is 12.8. The van der Waals surface area contributed by atoms with Gasteiger partial charge in [0.25, 0.3) is 5.91 Å². The fourth-order valence-corrected chi connectivity index (χ4v) is 3.65. The molecule has 130 valence electrons. The van der Waals surface area contributed by atoms with E-state index < -0.39 is 0 Å². The Hall–Kier alpha value is -1.61. The summed E-state index contributed by atoms with van der Waals surface area (Å²) >= 11 is 0. The molecule has 0 unspecified atom stereocenters. The zero-order chi connectivity index (χ0) is 17.4. The summed E-state index contributed by atoms with van der Waals surface area (Å²) in [5, 5.41) is 0. The molecule has 24 heavy (non-hydrogen) atoms. The van der Waals surface area contributed by atoms with E-state index in [1.54, 1.807) is 0 Å². The second kappa shape index (κ2) is 6.36. The Kier molecular flexibility index (Phi) is 4.56. The van der Waals surface area contributed by atoms with Gasteiger partial charge in [0.1, 0.15) is 0 Å². The van der Waals surface area contributed by atoms with Crippen molar-refractivity contribution in [1.29, 1.82) is 0 Å². The molecule has 1 aromatic rings. The number of piperidine rings is 1. The third kappa shape index (κ3) is 3.56. The van der Waals surface area contributed by atoms with Gasteiger partial charge in [-0.2, -0.15) is 0 Å². The van der Waals surface area contributed by atoms with Crippen molar-refractivity contribution >= 4 is 5.91 Å². The number of ether oxygens (including phenoxy) is 1. The molecule has 1 aromatic carbocycles. The van der Waals surface area contributed by atoms with Crippen molar-refractivity contribution in [2.75, 3.05) is 19.7 Å². The summed E-state index contributed by atoms with van der Waals surface area (Å²) in [7, 11) is 0. The number of carbonyl (C=O) groups is 1. The minimum atomic E-state index is -0.130. The van der Waals surface area contributed by atoms with Gasteiger partial charge in [0.2, 0.25) is 0 Å². The molecule has 0 N–H and O–H groups in total. The summed E-state index contributed by atoms with van der Waals surface area (Å²) in [4.78, 5) is 14.7. The van der Waals surface area contributed by atoms with Crippen molar-refractivity contribution in [1.82, 2.24) is 4.90 Å². The number of carbonyl (C=O) groups excluding carboxylic acids is 1. The Balaban J connectivity index is 1.66. The van der Waals surface area contributed by atoms with Crippen molar-refractivity contribution in [3.63, 3.8) is 0 Å². The Labute approximate surface area is 145 Å². The Bertz CT molecular complexity index is 629. The Morgan fingerprint density at radius 2 is 1.75 bits per heavy atom. The van der Waals surface area contributed by atoms with Crippen LogP contribution in [0.1, 0.15) is 62.9 Å². The molecule has 1 fully saturated rings. The summed E-state index contributed by atoms with van der Waals surface area (Å²) in [5.74, 6) is 0.141. The summed E-state index contributed by atoms with van der Waals surface area (Å²) in [6, 6.07) is 8.09. The van der Waals surface area contributed by atoms with Crippen LogP contribution >= 0.6 is 0 Å². The molecular formula is C21H29NO2. The number of benzene rings is 1. The minimum absolute atomic E-state index is 0.113. The highest BCUT2D eigenvalue weighted by Crippen LogP contribution is 2.33. The standard InChI is InChI=1S/C21H29NO2/c1-16-9-14-24-21(15-16)10-12-22(13-11-21)19(23)17-5-7-18(8-6-17)20(2,3)4/h5-8,15H,9-14H2,1-4H3. The van der Waals surface area contributed by atoms with Gasteiger partial charge in [-0.25, -0.2) is 0 Å². The van der Waals surface area contributed by atoms with Gasteiger partial charge in [0, 0.05) is 18.7 Å². The SMILES string of the molecule is CC1=CC2(CCN(C(=O)c3ccc(C(C)(C)C)cc3)CC2)OCC1. The van der Waals surface area contributed by atoms with Crippen LogP contribution in [0.4, 0.5) is 0 Å². The lowest BCUT2D eigenvalue weighted by Gasteiger charge is -2.42. The highest BCUT2D eigenvalue weighted by atomic mass is 16.5. The summed E-state index contributed by atoms with van der Waals surface area (Å²) < 4.78 is 6.05. The van der Waals surface area contributed by atoms with Crippen LogP contribution < -0.4 is 0 Å². The first-order valence-electron chi connectivity index (χ1n) is 9.01. The van der Waals surface area contributed by atoms with Crippen molar-refractivity contribution in [3.05, 3.63) is 47.0 Å². The quantitative estimate of drug-likeness (QED) is 0.719. The topological polar surface area (TPSA) is 29.5 Å². The van der Waals surface area contributed by atoms with E-state index in [1.165, 1.54) is 11.1 Å². The number of amides is 1. The summed E-state index contributed by atoms with van der Waals surface area (Å²) in [6.45, 7) is 11.1. The third-order valence-corrected chi connectivity index (χ3v) is 5.29. The first kappa shape index (κ1) is 17.2. The monoisotopic (exact) mass is 327 g/mol. The average Bonchev–Trinajstić information content (AvgIpc) is 2.54. The normalized spacial score (nSPS) is 20.8. The number of likely N-dealkylation sites (tertiary alicyclic amines) is 1. The molecule has 0 bridgehead atoms. The zero-order valence-corrected chi connectivity index (χ0v) is 15.4. The van der Waals surface area contributed by atoms with Crippen LogP contribution in [-0.4, -0.2) is 36.1 Å². The molecule has 0 atom stereocenters. The number of rotatable bonds is 1. The fraction of sp³-hybridized carbons (Fsp3) is 0.571. The molecule has 2 heterocycles. The Morgan fingerprint density at radius 1 is 1.12 bits per heavy atom. The van der Waals surface area contributed by atoms with E-state index in [0.29, 0.717) is 0 Å². The van der Waals surface area contributed by atoms with E-state index in [-0.39, 0.29) is 16.9 Å². The van der Waals surface area contributed by atoms with Crippen molar-refractivity contribution in [3.8, 4) is 0 Å². The molecule has 0 aliphatic carbocycles. The van der Waals surface area contributed by atoms with Crippen LogP contribution in [0.2, 0.25) is 0 Å². The van der Waals surface area contributed by atoms with Crippen LogP contribution in [0.3, 0.4) is 0 Å². The molecular weight excluding hydrogens is 298 g/mol. The van der Waals surface area contributed by atoms with Crippen LogP contribution in [0.5, 0.6) is 0 Å². The molecule has 1 saturated heterocycles. The molecule has 2 aliphatic heterocycles. The van der Waals surface area contributed by atoms with Crippen LogP contribution in [0.25, 0.3) is 0 Å². The van der Waals surface area contributed by atoms with Gasteiger partial charge in [-0.05, 0) is 49.3 Å². The second-order valence-electron chi connectivity index (χ2n) is 8.27. The maximum atomic E-state index is 12.8. The molecule has 0 aromatic heterocycles. The first-order valence-corrected chi connectivity index (χ1v) is 9.01. The van der Waals surface area contributed by atoms with Crippen LogP contribution in [0.15, 0.2) is 35.9 Å². The van der Waals surface area contributed by atoms with E-state index in [1.807, 2.05) is 17.0 Å². The summed E-state index contributed by atoms with van der Waals surface area (Å²) in [6.07, 6.45) is 5.12. The number of nitrogens with zero attached hydrogens (tertiary/aromatic N) is 1. The Morgan fingerprint density at radius 3 is 2.29 bits per heavy atom. The molecule has 3 nitrogen and oxygen atoms in total. The molecule has 3 rings (SSSR count). The second-order valence-corrected chi connectivity index (χ2v) is 8.27. The van der Waals surface area contributed by atoms with Crippen LogP contribution in [-0.2, 0) is 10.2 Å². The van der Waals surface area contributed by atoms with Gasteiger partial charge in [0.05, 0.1) is 12.2 Å². The molecule has 0 saturated carbocycles. The van der Waals surface area contributed by atoms with Gasteiger partial charge >= 0.3 is 0 Å². The molecule has 1 amide bonds. The van der Waals surface area contributed by atoms with Crippen molar-refractivity contribution in [2.45, 2.75) is 58.0 Å². The number of hydrogen-bond acceptors (Lipinski definition) is 2. The smallest absolute Gasteiger partial charge is 0.253 e. The van der Waals surface area contributed by atoms with E-state index in [9.17, 15) is 4.79 Å². The zero-order valence-electron chi connectivity index (χ0n) is 15.4. The highest BCUT2D eigenvalue weighted by Gasteiger charge is 2.36. The largest absolute Gasteiger partial charge is 0.370 e. The first-order chi connectivity index (χ1) is 11.3. The van der Waals surface area contributed by atoms with E-state index in [4.69, 9.17) is 4.74 Å². The highest BCUT2D eigenvalue weighted by molar-refractivity contribution is 5.94. The molecule has 2 aliphatic rings. The van der Waals surface area contributed by atoms with Gasteiger partial charge in [-0.1, -0.05) is 44.6 Å². The molecule has 1 spiro atoms. The van der Waals surface area contributed by atoms with E-state index in [2.05, 4.69) is 45.9 Å².